The molecule has 6 N–H and O–H groups in total. The van der Waals surface area contributed by atoms with Crippen molar-refractivity contribution in [2.45, 2.75) is 24.5 Å². The molecule has 2 aromatic heterocycles. The first-order valence-electron chi connectivity index (χ1n) is 8.81. The number of ether oxygens (including phenoxy) is 1. The number of phosphoric ester groups is 1. The van der Waals surface area contributed by atoms with E-state index in [-0.39, 0.29) is 22.7 Å². The summed E-state index contributed by atoms with van der Waals surface area (Å²) >= 11 is 0. The van der Waals surface area contributed by atoms with Gasteiger partial charge in [0.2, 0.25) is 5.72 Å². The second-order valence-corrected chi connectivity index (χ2v) is 5.91. The van der Waals surface area contributed by atoms with Gasteiger partial charge in [-0.25, -0.2) is 19.5 Å². The molecule has 0 radical (unpaired) electrons. The molecule has 126 valence electrons. The molecule has 0 saturated carbocycles. The maximum atomic E-state index is 11.7. The average Bonchev–Trinajstić information content (AvgIpc) is 3.31. The van der Waals surface area contributed by atoms with Gasteiger partial charge in [-0.15, -0.1) is 0 Å². The number of nitrogens with zero attached hydrogens (tertiary/aromatic N) is 4. The van der Waals surface area contributed by atoms with Crippen LogP contribution in [0.25, 0.3) is 11.2 Å². The second-order valence-electron chi connectivity index (χ2n) is 4.76. The van der Waals surface area contributed by atoms with Crippen LogP contribution in [0.4, 0.5) is 5.82 Å². The van der Waals surface area contributed by atoms with Crippen LogP contribution in [0.15, 0.2) is 12.7 Å². The van der Waals surface area contributed by atoms with Crippen molar-refractivity contribution in [1.29, 1.82) is 5.72 Å². The molecule has 0 bridgehead atoms. The first kappa shape index (κ1) is 10.3. The fraction of sp³-hybridized carbons (Fsp3) is 0.500. The Morgan fingerprint density at radius 1 is 1.43 bits per heavy atom. The minimum atomic E-state index is -4.47. The third-order valence-corrected chi connectivity index (χ3v) is 3.76. The number of nitrogen functional groups attached to an aromatic ring is 1. The Morgan fingerprint density at radius 3 is 3.04 bits per heavy atom. The molecule has 0 aromatic carbocycles. The lowest BCUT2D eigenvalue weighted by Crippen LogP contribution is -2.33. The molecule has 3 rings (SSSR count). The molecule has 2 aromatic rings. The molecule has 12 nitrogen and oxygen atoms in total. The number of hydrogen-bond acceptors (Lipinski definition) is 11. The molecular weight excluding hydrogens is 333 g/mol. The van der Waals surface area contributed by atoms with E-state index in [0.717, 1.165) is 6.33 Å². The largest absolute Gasteiger partial charge is 0.469 e. The Balaban J connectivity index is 1.90. The van der Waals surface area contributed by atoms with E-state index in [0.29, 0.717) is 0 Å². The third-order valence-electron chi connectivity index (χ3n) is 3.30. The topological polar surface area (TPSA) is 186 Å². The van der Waals surface area contributed by atoms with Gasteiger partial charge in [-0.05, 0) is 0 Å². The lowest BCUT2D eigenvalue weighted by Gasteiger charge is -2.16. The SMILES string of the molecule is [2H]O[C@@H]1[C@H](O[2H])[C@@H](COP(=O)(O[2H])O[2H])O[C@H]1n1cnc2c(N([2H])[2H])ncnc21. The van der Waals surface area contributed by atoms with Crippen LogP contribution in [0.1, 0.15) is 6.23 Å². The fourth-order valence-electron chi connectivity index (χ4n) is 2.26. The van der Waals surface area contributed by atoms with E-state index in [1.165, 1.54) is 10.9 Å². The molecule has 0 unspecified atom stereocenters. The molecule has 1 saturated heterocycles. The van der Waals surface area contributed by atoms with Crippen molar-refractivity contribution in [2.24, 2.45) is 0 Å². The Bertz CT molecular complexity index is 886. The van der Waals surface area contributed by atoms with Gasteiger partial charge in [-0.3, -0.25) is 9.09 Å². The molecule has 1 aliphatic heterocycles. The Kier molecular flexibility index (Phi) is 2.57. The van der Waals surface area contributed by atoms with E-state index in [1.54, 1.807) is 0 Å². The van der Waals surface area contributed by atoms with Crippen LogP contribution in [0, 0.1) is 0 Å². The number of fused-ring (bicyclic) bond motifs is 1. The van der Waals surface area contributed by atoms with E-state index in [4.69, 9.17) is 17.8 Å². The number of phosphoric acid groups is 1. The minimum Gasteiger partial charge on any atom is -0.387 e. The molecule has 13 heteroatoms. The predicted molar refractivity (Wildman–Crippen MR) is 73.7 cm³/mol. The summed E-state index contributed by atoms with van der Waals surface area (Å²) < 4.78 is 66.1. The van der Waals surface area contributed by atoms with Crippen LogP contribution in [0.5, 0.6) is 0 Å². The molecule has 4 atom stereocenters. The highest BCUT2D eigenvalue weighted by atomic mass is 31.2. The third kappa shape index (κ3) is 3.05. The van der Waals surface area contributed by atoms with Crippen molar-refractivity contribution in [3.05, 3.63) is 12.7 Å². The number of hydrogen-bond donors (Lipinski definition) is 5. The molecule has 1 fully saturated rings. The van der Waals surface area contributed by atoms with Crippen LogP contribution in [-0.4, -0.2) is 70.2 Å². The van der Waals surface area contributed by atoms with Crippen LogP contribution >= 0.6 is 7.82 Å². The standard InChI is InChI=1S/C10H14N5O7P/c11-8-5-9(13-2-12-8)15(3-14-5)10-7(17)6(16)4(22-10)1-21-23(18,19)20/h2-4,6-7,10,16-17H,1H2,(H2,11,12,13)(H2,18,19,20)/t4-,6-,7-,10-/m1/s1/i16D,17D/hD4. The van der Waals surface area contributed by atoms with Crippen LogP contribution in [0.2, 0.25) is 2.82 Å². The van der Waals surface area contributed by atoms with Gasteiger partial charge in [0.05, 0.1) is 12.9 Å². The summed E-state index contributed by atoms with van der Waals surface area (Å²) in [4.78, 5) is 19.4. The van der Waals surface area contributed by atoms with Crippen molar-refractivity contribution < 1.29 is 36.7 Å². The number of nitrogens with two attached hydrogens (primary N) is 1. The number of aliphatic hydroxyl groups is 2. The van der Waals surface area contributed by atoms with Gasteiger partial charge in [0, 0.05) is 0 Å². The molecule has 3 heterocycles. The number of aromatic nitrogens is 4. The average molecular weight is 353 g/mol. The normalized spacial score (nSPS) is 31.8. The number of rotatable bonds is 9. The molecule has 0 spiro atoms. The Labute approximate surface area is 137 Å². The predicted octanol–water partition coefficient (Wildman–Crippen LogP) is -1.86. The van der Waals surface area contributed by atoms with Gasteiger partial charge in [0.15, 0.2) is 20.5 Å². The van der Waals surface area contributed by atoms with Crippen LogP contribution < -0.4 is 5.72 Å². The van der Waals surface area contributed by atoms with Crippen LogP contribution in [0.3, 0.4) is 0 Å². The number of anilines is 1. The first-order chi connectivity index (χ1) is 13.9. The maximum Gasteiger partial charge on any atom is 0.469 e. The van der Waals surface area contributed by atoms with Gasteiger partial charge in [-0.1, -0.05) is 0 Å². The van der Waals surface area contributed by atoms with Crippen molar-refractivity contribution in [3.63, 3.8) is 0 Å². The highest BCUT2D eigenvalue weighted by molar-refractivity contribution is 7.46. The maximum absolute atomic E-state index is 11.7. The lowest BCUT2D eigenvalue weighted by atomic mass is 10.1. The van der Waals surface area contributed by atoms with Gasteiger partial charge in [0.1, 0.15) is 30.2 Å². The van der Waals surface area contributed by atoms with E-state index < -0.39 is 39.0 Å². The summed E-state index contributed by atoms with van der Waals surface area (Å²) in [5.74, 6) is -0.107. The molecule has 23 heavy (non-hydrogen) atoms. The molecule has 0 amide bonds. The summed E-state index contributed by atoms with van der Waals surface area (Å²) in [7, 11) is -4.47. The zero-order valence-corrected chi connectivity index (χ0v) is 12.1. The fourth-order valence-corrected chi connectivity index (χ4v) is 2.59. The van der Waals surface area contributed by atoms with E-state index in [1.807, 2.05) is 0 Å². The van der Waals surface area contributed by atoms with Crippen molar-refractivity contribution in [3.8, 4) is 0 Å². The molecule has 1 aliphatic rings. The van der Waals surface area contributed by atoms with Gasteiger partial charge in [0.25, 0.3) is 0 Å². The summed E-state index contributed by atoms with van der Waals surface area (Å²) in [6, 6.07) is 0. The lowest BCUT2D eigenvalue weighted by molar-refractivity contribution is -0.0504. The Hall–Kier alpha value is -1.66. The molecule has 0 aliphatic carbocycles. The summed E-state index contributed by atoms with van der Waals surface area (Å²) in [6.07, 6.45) is -2.34. The Morgan fingerprint density at radius 2 is 2.30 bits per heavy atom. The van der Waals surface area contributed by atoms with Crippen molar-refractivity contribution >= 4 is 24.8 Å². The monoisotopic (exact) mass is 353 g/mol. The summed E-state index contributed by atoms with van der Waals surface area (Å²) in [6.45, 7) is -0.588. The minimum absolute atomic E-state index is 0.0996. The summed E-state index contributed by atoms with van der Waals surface area (Å²) in [5, 5.41) is 9.20. The van der Waals surface area contributed by atoms with E-state index in [9.17, 15) is 4.57 Å². The van der Waals surface area contributed by atoms with Gasteiger partial charge in [-0.2, -0.15) is 0 Å². The van der Waals surface area contributed by atoms with E-state index in [2.05, 4.69) is 35.0 Å². The highest BCUT2D eigenvalue weighted by Crippen LogP contribution is 2.38. The first-order valence-corrected chi connectivity index (χ1v) is 7.74. The van der Waals surface area contributed by atoms with Gasteiger partial charge < -0.3 is 30.5 Å². The van der Waals surface area contributed by atoms with E-state index >= 15 is 0 Å². The van der Waals surface area contributed by atoms with Crippen molar-refractivity contribution in [2.75, 3.05) is 12.3 Å². The highest BCUT2D eigenvalue weighted by Gasteiger charge is 2.45. The number of aliphatic hydroxyl groups excluding tert-OH is 2. The van der Waals surface area contributed by atoms with Gasteiger partial charge >= 0.3 is 7.82 Å². The van der Waals surface area contributed by atoms with Crippen LogP contribution in [-0.2, 0) is 13.8 Å². The quantitative estimate of drug-likeness (QED) is 0.318. The molecular formula is C10H14N5O7P. The zero-order chi connectivity index (χ0) is 21.2. The zero-order valence-electron chi connectivity index (χ0n) is 17.2. The summed E-state index contributed by atoms with van der Waals surface area (Å²) in [5.41, 5.74) is 0.495. The smallest absolute Gasteiger partial charge is 0.387 e. The van der Waals surface area contributed by atoms with Crippen molar-refractivity contribution in [1.82, 2.24) is 19.5 Å². The number of imidazole rings is 1. The second kappa shape index (κ2) is 5.76.